The van der Waals surface area contributed by atoms with E-state index in [9.17, 15) is 14.0 Å². The first-order chi connectivity index (χ1) is 14.1. The van der Waals surface area contributed by atoms with Gasteiger partial charge in [0.2, 0.25) is 0 Å². The number of anilines is 2. The maximum atomic E-state index is 13.6. The number of nitrogens with one attached hydrogen (secondary N) is 1. The number of hydrogen-bond acceptors (Lipinski definition) is 4. The average molecular weight is 394 g/mol. The van der Waals surface area contributed by atoms with Crippen molar-refractivity contribution in [2.75, 3.05) is 23.4 Å². The Labute approximate surface area is 166 Å². The highest BCUT2D eigenvalue weighted by Crippen LogP contribution is 2.31. The minimum Gasteiger partial charge on any atom is -0.481 e. The average Bonchev–Trinajstić information content (AvgIpc) is 3.27. The Morgan fingerprint density at radius 1 is 1.14 bits per heavy atom. The van der Waals surface area contributed by atoms with Gasteiger partial charge >= 0.3 is 0 Å². The first kappa shape index (κ1) is 18.7. The molecule has 2 amide bonds. The molecule has 0 fully saturated rings. The molecule has 1 N–H and O–H groups in total. The van der Waals surface area contributed by atoms with Gasteiger partial charge in [0.1, 0.15) is 0 Å². The standard InChI is InChI=1S/C22H19FN2O4/c23-17-6-1-2-7-19(17)29-14-21(26)24-16-10-9-15-5-3-11-25(18(15)13-16)22(27)20-8-4-12-28-20/h1-2,4,6-10,12-13H,3,5,11,14H2,(H,24,26). The Morgan fingerprint density at radius 3 is 2.79 bits per heavy atom. The van der Waals surface area contributed by atoms with Crippen LogP contribution in [-0.2, 0) is 11.2 Å². The van der Waals surface area contributed by atoms with Crippen LogP contribution in [0.3, 0.4) is 0 Å². The number of fused-ring (bicyclic) bond motifs is 1. The Bertz CT molecular complexity index is 1030. The van der Waals surface area contributed by atoms with E-state index in [-0.39, 0.29) is 24.0 Å². The number of rotatable bonds is 5. The Hall–Kier alpha value is -3.61. The number of benzene rings is 2. The minimum atomic E-state index is -0.527. The molecule has 2 aromatic carbocycles. The SMILES string of the molecule is O=C(COc1ccccc1F)Nc1ccc2c(c1)N(C(=O)c1ccco1)CCC2. The highest BCUT2D eigenvalue weighted by atomic mass is 19.1. The number of aryl methyl sites for hydroxylation is 1. The number of carbonyl (C=O) groups excluding carboxylic acids is 2. The lowest BCUT2D eigenvalue weighted by Gasteiger charge is -2.29. The van der Waals surface area contributed by atoms with Crippen LogP contribution in [0.2, 0.25) is 0 Å². The molecule has 0 bridgehead atoms. The van der Waals surface area contributed by atoms with Crippen molar-refractivity contribution in [2.45, 2.75) is 12.8 Å². The summed E-state index contributed by atoms with van der Waals surface area (Å²) in [5.41, 5.74) is 2.30. The zero-order valence-corrected chi connectivity index (χ0v) is 15.6. The second-order valence-corrected chi connectivity index (χ2v) is 6.65. The number of carbonyl (C=O) groups is 2. The Morgan fingerprint density at radius 2 is 2.00 bits per heavy atom. The molecule has 0 spiro atoms. The smallest absolute Gasteiger partial charge is 0.293 e. The van der Waals surface area contributed by atoms with E-state index >= 15 is 0 Å². The maximum Gasteiger partial charge on any atom is 0.293 e. The van der Waals surface area contributed by atoms with Gasteiger partial charge in [-0.2, -0.15) is 0 Å². The summed E-state index contributed by atoms with van der Waals surface area (Å²) in [6, 6.07) is 14.6. The maximum absolute atomic E-state index is 13.6. The molecule has 1 aromatic heterocycles. The van der Waals surface area contributed by atoms with Gasteiger partial charge in [0.15, 0.2) is 23.9 Å². The normalized spacial score (nSPS) is 12.9. The van der Waals surface area contributed by atoms with Crippen molar-refractivity contribution in [1.29, 1.82) is 0 Å². The number of hydrogen-bond donors (Lipinski definition) is 1. The van der Waals surface area contributed by atoms with E-state index < -0.39 is 11.7 Å². The van der Waals surface area contributed by atoms with Gasteiger partial charge < -0.3 is 19.4 Å². The first-order valence-electron chi connectivity index (χ1n) is 9.27. The summed E-state index contributed by atoms with van der Waals surface area (Å²) in [5, 5.41) is 2.73. The van der Waals surface area contributed by atoms with E-state index in [4.69, 9.17) is 9.15 Å². The molecule has 2 heterocycles. The molecule has 0 atom stereocenters. The van der Waals surface area contributed by atoms with Crippen LogP contribution in [0.25, 0.3) is 0 Å². The number of amides is 2. The van der Waals surface area contributed by atoms with Crippen molar-refractivity contribution in [2.24, 2.45) is 0 Å². The minimum absolute atomic E-state index is 0.0170. The predicted octanol–water partition coefficient (Wildman–Crippen LogP) is 4.03. The summed E-state index contributed by atoms with van der Waals surface area (Å²) in [6.45, 7) is 0.243. The number of para-hydroxylation sites is 1. The van der Waals surface area contributed by atoms with E-state index in [2.05, 4.69) is 5.32 Å². The lowest BCUT2D eigenvalue weighted by molar-refractivity contribution is -0.118. The van der Waals surface area contributed by atoms with E-state index in [1.807, 2.05) is 6.07 Å². The molecular formula is C22H19FN2O4. The Balaban J connectivity index is 1.47. The third kappa shape index (κ3) is 4.13. The fraction of sp³-hybridized carbons (Fsp3) is 0.182. The van der Waals surface area contributed by atoms with Crippen LogP contribution in [0.4, 0.5) is 15.8 Å². The quantitative estimate of drug-likeness (QED) is 0.709. The zero-order valence-electron chi connectivity index (χ0n) is 15.6. The van der Waals surface area contributed by atoms with Gasteiger partial charge in [-0.1, -0.05) is 18.2 Å². The van der Waals surface area contributed by atoms with Gasteiger partial charge in [0.25, 0.3) is 11.8 Å². The molecule has 6 nitrogen and oxygen atoms in total. The molecule has 0 saturated carbocycles. The third-order valence-electron chi connectivity index (χ3n) is 4.66. The van der Waals surface area contributed by atoms with E-state index in [1.165, 1.54) is 18.4 Å². The van der Waals surface area contributed by atoms with Crippen molar-refractivity contribution in [3.8, 4) is 5.75 Å². The molecule has 0 unspecified atom stereocenters. The van der Waals surface area contributed by atoms with Crippen LogP contribution >= 0.6 is 0 Å². The predicted molar refractivity (Wildman–Crippen MR) is 106 cm³/mol. The second-order valence-electron chi connectivity index (χ2n) is 6.65. The summed E-state index contributed by atoms with van der Waals surface area (Å²) < 4.78 is 24.1. The lowest BCUT2D eigenvalue weighted by Crippen LogP contribution is -2.35. The topological polar surface area (TPSA) is 71.8 Å². The van der Waals surface area contributed by atoms with Gasteiger partial charge in [-0.05, 0) is 54.8 Å². The van der Waals surface area contributed by atoms with E-state index in [1.54, 1.807) is 41.3 Å². The molecule has 29 heavy (non-hydrogen) atoms. The lowest BCUT2D eigenvalue weighted by atomic mass is 10.0. The van der Waals surface area contributed by atoms with Crippen molar-refractivity contribution < 1.29 is 23.1 Å². The number of ether oxygens (including phenoxy) is 1. The van der Waals surface area contributed by atoms with Gasteiger partial charge in [-0.15, -0.1) is 0 Å². The third-order valence-corrected chi connectivity index (χ3v) is 4.66. The van der Waals surface area contributed by atoms with Gasteiger partial charge in [0.05, 0.1) is 6.26 Å². The largest absolute Gasteiger partial charge is 0.481 e. The molecule has 1 aliphatic heterocycles. The van der Waals surface area contributed by atoms with Crippen molar-refractivity contribution in [1.82, 2.24) is 0 Å². The first-order valence-corrected chi connectivity index (χ1v) is 9.27. The van der Waals surface area contributed by atoms with Crippen LogP contribution < -0.4 is 15.0 Å². The van der Waals surface area contributed by atoms with Crippen molar-refractivity contribution >= 4 is 23.2 Å². The molecule has 0 saturated heterocycles. The summed E-state index contributed by atoms with van der Waals surface area (Å²) in [5.74, 6) is -0.884. The van der Waals surface area contributed by atoms with Gasteiger partial charge in [-0.3, -0.25) is 9.59 Å². The number of nitrogens with zero attached hydrogens (tertiary/aromatic N) is 1. The summed E-state index contributed by atoms with van der Waals surface area (Å²) >= 11 is 0. The fourth-order valence-electron chi connectivity index (χ4n) is 3.30. The number of halogens is 1. The molecule has 3 aromatic rings. The number of furan rings is 1. The monoisotopic (exact) mass is 394 g/mol. The van der Waals surface area contributed by atoms with Crippen LogP contribution in [0.1, 0.15) is 22.5 Å². The van der Waals surface area contributed by atoms with Crippen LogP contribution in [-0.4, -0.2) is 25.0 Å². The highest BCUT2D eigenvalue weighted by Gasteiger charge is 2.25. The zero-order chi connectivity index (χ0) is 20.2. The molecular weight excluding hydrogens is 375 g/mol. The highest BCUT2D eigenvalue weighted by molar-refractivity contribution is 6.05. The molecule has 7 heteroatoms. The van der Waals surface area contributed by atoms with Crippen molar-refractivity contribution in [3.05, 3.63) is 78.0 Å². The Kier molecular flexibility index (Phi) is 5.29. The summed E-state index contributed by atoms with van der Waals surface area (Å²) in [6.07, 6.45) is 3.16. The van der Waals surface area contributed by atoms with Gasteiger partial charge in [-0.25, -0.2) is 4.39 Å². The summed E-state index contributed by atoms with van der Waals surface area (Å²) in [4.78, 5) is 26.6. The van der Waals surface area contributed by atoms with Crippen LogP contribution in [0, 0.1) is 5.82 Å². The second kappa shape index (κ2) is 8.18. The molecule has 1 aliphatic rings. The molecule has 0 radical (unpaired) electrons. The fourth-order valence-corrected chi connectivity index (χ4v) is 3.30. The molecule has 148 valence electrons. The van der Waals surface area contributed by atoms with E-state index in [0.29, 0.717) is 12.2 Å². The van der Waals surface area contributed by atoms with E-state index in [0.717, 1.165) is 24.1 Å². The summed E-state index contributed by atoms with van der Waals surface area (Å²) in [7, 11) is 0. The van der Waals surface area contributed by atoms with Crippen LogP contribution in [0.15, 0.2) is 65.3 Å². The van der Waals surface area contributed by atoms with Crippen molar-refractivity contribution in [3.63, 3.8) is 0 Å². The van der Waals surface area contributed by atoms with Crippen LogP contribution in [0.5, 0.6) is 5.75 Å². The molecule has 0 aliphatic carbocycles. The molecule has 4 rings (SSSR count). The van der Waals surface area contributed by atoms with Gasteiger partial charge in [0, 0.05) is 17.9 Å².